The predicted molar refractivity (Wildman–Crippen MR) is 79.9 cm³/mol. The number of nitrogens with zero attached hydrogens (tertiary/aromatic N) is 2. The summed E-state index contributed by atoms with van der Waals surface area (Å²) in [6, 6.07) is -0.0609. The summed E-state index contributed by atoms with van der Waals surface area (Å²) >= 11 is 0. The maximum atomic E-state index is 11.9. The minimum absolute atomic E-state index is 0.0609. The van der Waals surface area contributed by atoms with Crippen LogP contribution in [0.2, 0.25) is 0 Å². The lowest BCUT2D eigenvalue weighted by Crippen LogP contribution is -2.41. The lowest BCUT2D eigenvalue weighted by atomic mass is 10.1. The number of carboxylic acid groups (broad SMARTS) is 1. The van der Waals surface area contributed by atoms with Gasteiger partial charge in [0.1, 0.15) is 0 Å². The predicted octanol–water partition coefficient (Wildman–Crippen LogP) is 1.47. The van der Waals surface area contributed by atoms with Crippen molar-refractivity contribution in [1.82, 2.24) is 15.1 Å². The molecule has 1 unspecified atom stereocenters. The van der Waals surface area contributed by atoms with E-state index in [1.54, 1.807) is 11.8 Å². The molecule has 0 bridgehead atoms. The molecule has 0 saturated heterocycles. The summed E-state index contributed by atoms with van der Waals surface area (Å²) in [7, 11) is 4.03. The lowest BCUT2D eigenvalue weighted by molar-refractivity contribution is -0.141. The van der Waals surface area contributed by atoms with E-state index in [0.29, 0.717) is 25.9 Å². The van der Waals surface area contributed by atoms with Crippen LogP contribution in [0.5, 0.6) is 0 Å². The number of urea groups is 1. The van der Waals surface area contributed by atoms with Crippen LogP contribution in [0.15, 0.2) is 0 Å². The minimum atomic E-state index is -0.782. The van der Waals surface area contributed by atoms with Gasteiger partial charge in [-0.05, 0) is 46.8 Å². The number of amides is 2. The summed E-state index contributed by atoms with van der Waals surface area (Å²) in [6.07, 6.45) is 2.22. The first kappa shape index (κ1) is 18.7. The molecule has 6 heteroatoms. The average molecular weight is 287 g/mol. The molecule has 118 valence electrons. The second kappa shape index (κ2) is 10.5. The van der Waals surface area contributed by atoms with Crippen LogP contribution in [0.1, 0.15) is 33.1 Å². The first-order valence-electron chi connectivity index (χ1n) is 7.28. The summed E-state index contributed by atoms with van der Waals surface area (Å²) in [6.45, 7) is 6.56. The monoisotopic (exact) mass is 287 g/mol. The van der Waals surface area contributed by atoms with Crippen molar-refractivity contribution in [1.29, 1.82) is 0 Å². The fourth-order valence-corrected chi connectivity index (χ4v) is 1.82. The third-order valence-electron chi connectivity index (χ3n) is 3.21. The Kier molecular flexibility index (Phi) is 9.80. The highest BCUT2D eigenvalue weighted by Crippen LogP contribution is 2.04. The molecule has 20 heavy (non-hydrogen) atoms. The van der Waals surface area contributed by atoms with Crippen molar-refractivity contribution in [3.63, 3.8) is 0 Å². The van der Waals surface area contributed by atoms with Crippen molar-refractivity contribution in [2.24, 2.45) is 5.92 Å². The fourth-order valence-electron chi connectivity index (χ4n) is 1.82. The highest BCUT2D eigenvalue weighted by atomic mass is 16.4. The molecule has 0 aliphatic rings. The standard InChI is InChI=1S/C14H29N3O3/c1-5-17(11-7-10-16(3)4)14(20)15-9-6-8-12(2)13(18)19/h12H,5-11H2,1-4H3,(H,15,20)(H,18,19). The van der Waals surface area contributed by atoms with Gasteiger partial charge in [-0.2, -0.15) is 0 Å². The molecule has 0 saturated carbocycles. The average Bonchev–Trinajstić information content (AvgIpc) is 2.38. The molecule has 2 N–H and O–H groups in total. The molecule has 0 aromatic carbocycles. The van der Waals surface area contributed by atoms with Crippen LogP contribution in [0.4, 0.5) is 4.79 Å². The third kappa shape index (κ3) is 8.74. The molecule has 6 nitrogen and oxygen atoms in total. The molecular formula is C14H29N3O3. The molecule has 1 atom stereocenters. The van der Waals surface area contributed by atoms with Gasteiger partial charge in [0.2, 0.25) is 0 Å². The number of carbonyl (C=O) groups is 2. The molecular weight excluding hydrogens is 258 g/mol. The number of rotatable bonds is 10. The molecule has 0 aliphatic carbocycles. The fraction of sp³-hybridized carbons (Fsp3) is 0.857. The highest BCUT2D eigenvalue weighted by Gasteiger charge is 2.12. The summed E-state index contributed by atoms with van der Waals surface area (Å²) in [5.41, 5.74) is 0. The zero-order valence-corrected chi connectivity index (χ0v) is 13.2. The van der Waals surface area contributed by atoms with Crippen molar-refractivity contribution in [2.75, 3.05) is 40.3 Å². The highest BCUT2D eigenvalue weighted by molar-refractivity contribution is 5.74. The molecule has 0 radical (unpaired) electrons. The van der Waals surface area contributed by atoms with E-state index in [4.69, 9.17) is 5.11 Å². The lowest BCUT2D eigenvalue weighted by Gasteiger charge is -2.22. The van der Waals surface area contributed by atoms with Gasteiger partial charge in [0.15, 0.2) is 0 Å². The van der Waals surface area contributed by atoms with Crippen LogP contribution in [0, 0.1) is 5.92 Å². The zero-order chi connectivity index (χ0) is 15.5. The quantitative estimate of drug-likeness (QED) is 0.597. The minimum Gasteiger partial charge on any atom is -0.481 e. The largest absolute Gasteiger partial charge is 0.481 e. The Morgan fingerprint density at radius 3 is 2.35 bits per heavy atom. The van der Waals surface area contributed by atoms with Crippen molar-refractivity contribution < 1.29 is 14.7 Å². The van der Waals surface area contributed by atoms with Crippen LogP contribution < -0.4 is 5.32 Å². The summed E-state index contributed by atoms with van der Waals surface area (Å²) in [5, 5.41) is 11.6. The Morgan fingerprint density at radius 2 is 1.85 bits per heavy atom. The maximum Gasteiger partial charge on any atom is 0.317 e. The van der Waals surface area contributed by atoms with Crippen molar-refractivity contribution >= 4 is 12.0 Å². The van der Waals surface area contributed by atoms with E-state index < -0.39 is 5.97 Å². The second-order valence-corrected chi connectivity index (χ2v) is 5.35. The van der Waals surface area contributed by atoms with Crippen LogP contribution in [-0.2, 0) is 4.79 Å². The van der Waals surface area contributed by atoms with E-state index in [2.05, 4.69) is 10.2 Å². The normalized spacial score (nSPS) is 12.2. The molecule has 0 rings (SSSR count). The van der Waals surface area contributed by atoms with Crippen molar-refractivity contribution in [3.05, 3.63) is 0 Å². The molecule has 0 heterocycles. The Balaban J connectivity index is 3.83. The van der Waals surface area contributed by atoms with E-state index in [9.17, 15) is 9.59 Å². The third-order valence-corrected chi connectivity index (χ3v) is 3.21. The molecule has 0 aromatic heterocycles. The number of hydrogen-bond donors (Lipinski definition) is 2. The van der Waals surface area contributed by atoms with Gasteiger partial charge in [-0.15, -0.1) is 0 Å². The molecule has 0 spiro atoms. The molecule has 0 fully saturated rings. The number of carbonyl (C=O) groups excluding carboxylic acids is 1. The van der Waals surface area contributed by atoms with E-state index in [-0.39, 0.29) is 11.9 Å². The Labute approximate surface area is 122 Å². The van der Waals surface area contributed by atoms with Gasteiger partial charge in [0.05, 0.1) is 5.92 Å². The Morgan fingerprint density at radius 1 is 1.20 bits per heavy atom. The van der Waals surface area contributed by atoms with E-state index >= 15 is 0 Å². The van der Waals surface area contributed by atoms with Crippen molar-refractivity contribution in [2.45, 2.75) is 33.1 Å². The van der Waals surface area contributed by atoms with Crippen LogP contribution in [-0.4, -0.2) is 67.2 Å². The van der Waals surface area contributed by atoms with Gasteiger partial charge in [0, 0.05) is 19.6 Å². The first-order valence-corrected chi connectivity index (χ1v) is 7.28. The first-order chi connectivity index (χ1) is 9.38. The molecule has 2 amide bonds. The Hall–Kier alpha value is -1.30. The van der Waals surface area contributed by atoms with Gasteiger partial charge in [-0.3, -0.25) is 4.79 Å². The van der Waals surface area contributed by atoms with Gasteiger partial charge in [0.25, 0.3) is 0 Å². The zero-order valence-electron chi connectivity index (χ0n) is 13.2. The SMILES string of the molecule is CCN(CCCN(C)C)C(=O)NCCCC(C)C(=O)O. The summed E-state index contributed by atoms with van der Waals surface area (Å²) in [4.78, 5) is 26.4. The van der Waals surface area contributed by atoms with E-state index in [0.717, 1.165) is 19.5 Å². The summed E-state index contributed by atoms with van der Waals surface area (Å²) < 4.78 is 0. The van der Waals surface area contributed by atoms with Crippen molar-refractivity contribution in [3.8, 4) is 0 Å². The topological polar surface area (TPSA) is 72.9 Å². The van der Waals surface area contributed by atoms with Crippen LogP contribution in [0.25, 0.3) is 0 Å². The number of aliphatic carboxylic acids is 1. The smallest absolute Gasteiger partial charge is 0.317 e. The van der Waals surface area contributed by atoms with E-state index in [1.807, 2.05) is 21.0 Å². The number of carboxylic acids is 1. The summed E-state index contributed by atoms with van der Waals surface area (Å²) in [5.74, 6) is -1.13. The van der Waals surface area contributed by atoms with Gasteiger partial charge in [-0.25, -0.2) is 4.79 Å². The van der Waals surface area contributed by atoms with E-state index in [1.165, 1.54) is 0 Å². The number of hydrogen-bond acceptors (Lipinski definition) is 3. The molecule has 0 aromatic rings. The maximum absolute atomic E-state index is 11.9. The Bertz CT molecular complexity index is 295. The van der Waals surface area contributed by atoms with Crippen LogP contribution in [0.3, 0.4) is 0 Å². The number of nitrogens with one attached hydrogen (secondary N) is 1. The van der Waals surface area contributed by atoms with Gasteiger partial charge < -0.3 is 20.2 Å². The van der Waals surface area contributed by atoms with Crippen LogP contribution >= 0.6 is 0 Å². The van der Waals surface area contributed by atoms with Gasteiger partial charge in [-0.1, -0.05) is 6.92 Å². The molecule has 0 aliphatic heterocycles. The second-order valence-electron chi connectivity index (χ2n) is 5.35. The van der Waals surface area contributed by atoms with Gasteiger partial charge >= 0.3 is 12.0 Å².